The molecule has 0 radical (unpaired) electrons. The predicted molar refractivity (Wildman–Crippen MR) is 43.8 cm³/mol. The Hall–Kier alpha value is -0.450. The molecule has 1 saturated carbocycles. The minimum absolute atomic E-state index is 0.144. The number of nitrogens with zero attached hydrogens (tertiary/aromatic N) is 2. The number of hydrogen-bond acceptors (Lipinski definition) is 4. The summed E-state index contributed by atoms with van der Waals surface area (Å²) in [5.41, 5.74) is 5.48. The summed E-state index contributed by atoms with van der Waals surface area (Å²) in [6.07, 6.45) is 0.0428. The Morgan fingerprint density at radius 1 is 1.82 bits per heavy atom. The summed E-state index contributed by atoms with van der Waals surface area (Å²) < 4.78 is 12.6. The minimum Gasteiger partial charge on any atom is -0.377 e. The van der Waals surface area contributed by atoms with E-state index < -0.39 is 6.17 Å². The van der Waals surface area contributed by atoms with Gasteiger partial charge < -0.3 is 5.73 Å². The van der Waals surface area contributed by atoms with Crippen LogP contribution in [0, 0.1) is 5.92 Å². The molecule has 1 aliphatic heterocycles. The van der Waals surface area contributed by atoms with Crippen LogP contribution in [0.4, 0.5) is 4.39 Å². The number of halogens is 1. The lowest BCUT2D eigenvalue weighted by molar-refractivity contribution is 0.294. The van der Waals surface area contributed by atoms with Gasteiger partial charge in [-0.25, -0.2) is 4.39 Å². The lowest BCUT2D eigenvalue weighted by Crippen LogP contribution is -2.22. The number of amidine groups is 1. The maximum absolute atomic E-state index is 12.6. The Labute approximate surface area is 68.8 Å². The number of rotatable bonds is 1. The van der Waals surface area contributed by atoms with Crippen LogP contribution >= 0.6 is 11.8 Å². The van der Waals surface area contributed by atoms with Crippen LogP contribution in [-0.2, 0) is 0 Å². The van der Waals surface area contributed by atoms with Crippen LogP contribution in [-0.4, -0.2) is 28.8 Å². The monoisotopic (exact) mass is 175 g/mol. The first kappa shape index (κ1) is 7.21. The highest BCUT2D eigenvalue weighted by Crippen LogP contribution is 2.45. The second-order valence-corrected chi connectivity index (χ2v) is 4.07. The minimum atomic E-state index is -0.629. The van der Waals surface area contributed by atoms with Crippen LogP contribution < -0.4 is 5.73 Å². The number of hydrazone groups is 1. The summed E-state index contributed by atoms with van der Waals surface area (Å²) >= 11 is 1.46. The van der Waals surface area contributed by atoms with Gasteiger partial charge in [-0.1, -0.05) is 11.8 Å². The first-order chi connectivity index (χ1) is 5.18. The van der Waals surface area contributed by atoms with Gasteiger partial charge in [0.15, 0.2) is 5.17 Å². The SMILES string of the molecule is CN1N=C(N)SC1[C@@H]1C[C@H]1F. The molecule has 11 heavy (non-hydrogen) atoms. The smallest absolute Gasteiger partial charge is 0.180 e. The molecule has 2 N–H and O–H groups in total. The van der Waals surface area contributed by atoms with E-state index in [4.69, 9.17) is 5.73 Å². The summed E-state index contributed by atoms with van der Waals surface area (Å²) in [7, 11) is 1.84. The number of thioether (sulfide) groups is 1. The van der Waals surface area contributed by atoms with E-state index in [-0.39, 0.29) is 11.3 Å². The summed E-state index contributed by atoms with van der Waals surface area (Å²) in [4.78, 5) is 0. The van der Waals surface area contributed by atoms with Crippen molar-refractivity contribution in [2.24, 2.45) is 16.8 Å². The molecule has 0 amide bonds. The van der Waals surface area contributed by atoms with Gasteiger partial charge in [0.05, 0.1) is 0 Å². The van der Waals surface area contributed by atoms with Crippen LogP contribution in [0.3, 0.4) is 0 Å². The summed E-state index contributed by atoms with van der Waals surface area (Å²) in [6.45, 7) is 0. The zero-order valence-corrected chi connectivity index (χ0v) is 7.01. The molecule has 0 aromatic heterocycles. The number of hydrogen-bond donors (Lipinski definition) is 1. The average molecular weight is 175 g/mol. The van der Waals surface area contributed by atoms with Crippen molar-refractivity contribution in [1.82, 2.24) is 5.01 Å². The Morgan fingerprint density at radius 2 is 2.45 bits per heavy atom. The molecule has 1 aliphatic carbocycles. The van der Waals surface area contributed by atoms with E-state index in [1.54, 1.807) is 5.01 Å². The van der Waals surface area contributed by atoms with Crippen molar-refractivity contribution < 1.29 is 4.39 Å². The quantitative estimate of drug-likeness (QED) is 0.633. The van der Waals surface area contributed by atoms with Crippen molar-refractivity contribution in [3.63, 3.8) is 0 Å². The van der Waals surface area contributed by atoms with E-state index in [0.717, 1.165) is 0 Å². The van der Waals surface area contributed by atoms with E-state index in [1.165, 1.54) is 11.8 Å². The van der Waals surface area contributed by atoms with E-state index in [9.17, 15) is 4.39 Å². The molecular formula is C6H10FN3S. The zero-order chi connectivity index (χ0) is 8.01. The van der Waals surface area contributed by atoms with Gasteiger partial charge in [-0.05, 0) is 6.42 Å². The highest BCUT2D eigenvalue weighted by Gasteiger charge is 2.47. The molecule has 5 heteroatoms. The molecule has 3 nitrogen and oxygen atoms in total. The zero-order valence-electron chi connectivity index (χ0n) is 6.20. The maximum atomic E-state index is 12.6. The third-order valence-corrected chi connectivity index (χ3v) is 3.21. The second kappa shape index (κ2) is 2.27. The lowest BCUT2D eigenvalue weighted by atomic mass is 10.4. The predicted octanol–water partition coefficient (Wildman–Crippen LogP) is 0.579. The Morgan fingerprint density at radius 3 is 2.82 bits per heavy atom. The Kier molecular flexibility index (Phi) is 1.49. The molecule has 3 atom stereocenters. The largest absolute Gasteiger partial charge is 0.377 e. The summed E-state index contributed by atoms with van der Waals surface area (Å²) in [6, 6.07) is 0. The van der Waals surface area contributed by atoms with E-state index in [2.05, 4.69) is 5.10 Å². The number of nitrogens with two attached hydrogens (primary N) is 1. The molecule has 2 rings (SSSR count). The molecule has 0 aromatic carbocycles. The van der Waals surface area contributed by atoms with Gasteiger partial charge in [0.2, 0.25) is 0 Å². The van der Waals surface area contributed by atoms with Gasteiger partial charge in [-0.15, -0.1) is 0 Å². The van der Waals surface area contributed by atoms with Crippen molar-refractivity contribution in [1.29, 1.82) is 0 Å². The molecule has 1 fully saturated rings. The van der Waals surface area contributed by atoms with Crippen LogP contribution in [0.5, 0.6) is 0 Å². The topological polar surface area (TPSA) is 41.6 Å². The molecule has 62 valence electrons. The maximum Gasteiger partial charge on any atom is 0.180 e. The second-order valence-electron chi connectivity index (χ2n) is 2.94. The van der Waals surface area contributed by atoms with Crippen LogP contribution in [0.15, 0.2) is 5.10 Å². The highest BCUT2D eigenvalue weighted by molar-refractivity contribution is 8.14. The van der Waals surface area contributed by atoms with Gasteiger partial charge in [0, 0.05) is 13.0 Å². The molecule has 0 bridgehead atoms. The van der Waals surface area contributed by atoms with Gasteiger partial charge in [0.25, 0.3) is 0 Å². The van der Waals surface area contributed by atoms with Gasteiger partial charge in [0.1, 0.15) is 11.5 Å². The molecule has 1 heterocycles. The van der Waals surface area contributed by atoms with Crippen molar-refractivity contribution in [3.8, 4) is 0 Å². The molecule has 0 saturated heterocycles. The fourth-order valence-electron chi connectivity index (χ4n) is 1.28. The lowest BCUT2D eigenvalue weighted by Gasteiger charge is -2.15. The van der Waals surface area contributed by atoms with Crippen molar-refractivity contribution in [3.05, 3.63) is 0 Å². The van der Waals surface area contributed by atoms with Crippen molar-refractivity contribution in [2.75, 3.05) is 7.05 Å². The molecule has 1 unspecified atom stereocenters. The van der Waals surface area contributed by atoms with Crippen molar-refractivity contribution in [2.45, 2.75) is 18.0 Å². The first-order valence-corrected chi connectivity index (χ1v) is 4.44. The summed E-state index contributed by atoms with van der Waals surface area (Å²) in [5.74, 6) is 0.148. The number of alkyl halides is 1. The van der Waals surface area contributed by atoms with Crippen molar-refractivity contribution >= 4 is 16.9 Å². The third kappa shape index (κ3) is 1.17. The fraction of sp³-hybridized carbons (Fsp3) is 0.833. The van der Waals surface area contributed by atoms with Crippen LogP contribution in [0.1, 0.15) is 6.42 Å². The third-order valence-electron chi connectivity index (χ3n) is 1.99. The van der Waals surface area contributed by atoms with E-state index in [0.29, 0.717) is 11.6 Å². The fourth-order valence-corrected chi connectivity index (χ4v) is 2.36. The highest BCUT2D eigenvalue weighted by atomic mass is 32.2. The molecule has 0 aromatic rings. The summed E-state index contributed by atoms with van der Waals surface area (Å²) in [5, 5.41) is 6.44. The normalized spacial score (nSPS) is 42.5. The molecular weight excluding hydrogens is 165 g/mol. The Balaban J connectivity index is 1.98. The van der Waals surface area contributed by atoms with Gasteiger partial charge >= 0.3 is 0 Å². The molecule has 0 spiro atoms. The first-order valence-electron chi connectivity index (χ1n) is 3.56. The average Bonchev–Trinajstić information content (AvgIpc) is 2.52. The van der Waals surface area contributed by atoms with Crippen LogP contribution in [0.25, 0.3) is 0 Å². The standard InChI is InChI=1S/C6H10FN3S/c1-10-5(3-2-4(3)7)11-6(8)9-10/h3-5H,2H2,1H3,(H2,8,9)/t3-,4-,5?/m1/s1. The molecule has 2 aliphatic rings. The van der Waals surface area contributed by atoms with Gasteiger partial charge in [-0.2, -0.15) is 5.10 Å². The van der Waals surface area contributed by atoms with E-state index in [1.807, 2.05) is 7.05 Å². The van der Waals surface area contributed by atoms with E-state index >= 15 is 0 Å². The van der Waals surface area contributed by atoms with Crippen LogP contribution in [0.2, 0.25) is 0 Å². The van der Waals surface area contributed by atoms with Gasteiger partial charge in [-0.3, -0.25) is 5.01 Å². The Bertz CT molecular complexity index is 208.